The van der Waals surface area contributed by atoms with E-state index >= 15 is 0 Å². The lowest BCUT2D eigenvalue weighted by Gasteiger charge is -2.09. The highest BCUT2D eigenvalue weighted by Crippen LogP contribution is 2.23. The second kappa shape index (κ2) is 6.53. The van der Waals surface area contributed by atoms with Gasteiger partial charge >= 0.3 is 5.97 Å². The topological polar surface area (TPSA) is 46.5 Å². The van der Waals surface area contributed by atoms with Crippen LogP contribution in [0.1, 0.15) is 29.3 Å². The molecular formula is C12H15BrO3. The van der Waals surface area contributed by atoms with E-state index in [0.717, 1.165) is 23.7 Å². The van der Waals surface area contributed by atoms with Gasteiger partial charge in [-0.15, -0.1) is 0 Å². The normalized spacial score (nSPS) is 10.1. The minimum Gasteiger partial charge on any atom is -0.507 e. The summed E-state index contributed by atoms with van der Waals surface area (Å²) in [5.41, 5.74) is 1.13. The first-order valence-corrected chi connectivity index (χ1v) is 6.36. The smallest absolute Gasteiger partial charge is 0.342 e. The first kappa shape index (κ1) is 13.0. The van der Waals surface area contributed by atoms with Gasteiger partial charge in [0.2, 0.25) is 0 Å². The molecule has 0 aliphatic heterocycles. The van der Waals surface area contributed by atoms with Gasteiger partial charge in [-0.25, -0.2) is 4.79 Å². The Morgan fingerprint density at radius 1 is 1.50 bits per heavy atom. The molecule has 0 spiro atoms. The molecule has 0 unspecified atom stereocenters. The van der Waals surface area contributed by atoms with Gasteiger partial charge in [0.25, 0.3) is 0 Å². The summed E-state index contributed by atoms with van der Waals surface area (Å²) in [5, 5.41) is 10.5. The highest BCUT2D eigenvalue weighted by Gasteiger charge is 2.16. The van der Waals surface area contributed by atoms with Crippen LogP contribution in [0.25, 0.3) is 0 Å². The third-order valence-electron chi connectivity index (χ3n) is 2.19. The lowest BCUT2D eigenvalue weighted by atomic mass is 10.0. The number of halogens is 1. The van der Waals surface area contributed by atoms with Gasteiger partial charge in [0, 0.05) is 5.33 Å². The van der Waals surface area contributed by atoms with E-state index in [1.807, 2.05) is 6.07 Å². The van der Waals surface area contributed by atoms with Crippen molar-refractivity contribution >= 4 is 21.9 Å². The Hall–Kier alpha value is -1.03. The third-order valence-corrected chi connectivity index (χ3v) is 2.75. The van der Waals surface area contributed by atoms with Crippen molar-refractivity contribution in [3.05, 3.63) is 29.3 Å². The molecule has 88 valence electrons. The molecule has 0 bridgehead atoms. The fourth-order valence-corrected chi connectivity index (χ4v) is 1.77. The Labute approximate surface area is 104 Å². The fraction of sp³-hybridized carbons (Fsp3) is 0.417. The highest BCUT2D eigenvalue weighted by molar-refractivity contribution is 9.09. The number of phenolic OH excluding ortho intramolecular Hbond substituents is 1. The van der Waals surface area contributed by atoms with Crippen LogP contribution < -0.4 is 0 Å². The van der Waals surface area contributed by atoms with Crippen LogP contribution in [-0.2, 0) is 11.2 Å². The summed E-state index contributed by atoms with van der Waals surface area (Å²) in [6.07, 6.45) is 1.66. The summed E-state index contributed by atoms with van der Waals surface area (Å²) >= 11 is 3.34. The second-order valence-corrected chi connectivity index (χ2v) is 4.12. The van der Waals surface area contributed by atoms with Crippen LogP contribution in [-0.4, -0.2) is 23.0 Å². The molecule has 0 aromatic heterocycles. The minimum absolute atomic E-state index is 0.00878. The lowest BCUT2D eigenvalue weighted by molar-refractivity contribution is 0.0521. The number of carbonyl (C=O) groups is 1. The van der Waals surface area contributed by atoms with E-state index in [4.69, 9.17) is 4.74 Å². The van der Waals surface area contributed by atoms with Crippen molar-refractivity contribution in [2.75, 3.05) is 11.9 Å². The number of carbonyl (C=O) groups excluding carboxylic acids is 1. The van der Waals surface area contributed by atoms with Crippen molar-refractivity contribution in [2.45, 2.75) is 19.8 Å². The lowest BCUT2D eigenvalue weighted by Crippen LogP contribution is -2.08. The Bertz CT molecular complexity index is 363. The van der Waals surface area contributed by atoms with Crippen molar-refractivity contribution in [3.8, 4) is 5.75 Å². The molecule has 0 aliphatic carbocycles. The summed E-state index contributed by atoms with van der Waals surface area (Å²) in [4.78, 5) is 11.7. The van der Waals surface area contributed by atoms with E-state index in [0.29, 0.717) is 12.2 Å². The number of ether oxygens (including phenoxy) is 1. The van der Waals surface area contributed by atoms with E-state index in [-0.39, 0.29) is 5.75 Å². The molecule has 16 heavy (non-hydrogen) atoms. The van der Waals surface area contributed by atoms with Crippen molar-refractivity contribution in [1.29, 1.82) is 0 Å². The van der Waals surface area contributed by atoms with Gasteiger partial charge in [-0.05, 0) is 31.4 Å². The Kier molecular flexibility index (Phi) is 5.32. The first-order valence-electron chi connectivity index (χ1n) is 5.24. The molecule has 0 saturated heterocycles. The summed E-state index contributed by atoms with van der Waals surface area (Å²) in [7, 11) is 0. The maximum Gasteiger partial charge on any atom is 0.342 e. The van der Waals surface area contributed by atoms with Gasteiger partial charge in [-0.3, -0.25) is 0 Å². The average molecular weight is 287 g/mol. The molecule has 1 aromatic carbocycles. The second-order valence-electron chi connectivity index (χ2n) is 3.32. The predicted octanol–water partition coefficient (Wildman–Crippen LogP) is 2.90. The number of phenols is 1. The zero-order chi connectivity index (χ0) is 12.0. The van der Waals surface area contributed by atoms with Gasteiger partial charge in [0.1, 0.15) is 11.3 Å². The molecule has 0 fully saturated rings. The molecule has 1 N–H and O–H groups in total. The molecule has 0 saturated carbocycles. The Morgan fingerprint density at radius 3 is 2.88 bits per heavy atom. The van der Waals surface area contributed by atoms with Gasteiger partial charge < -0.3 is 9.84 Å². The first-order chi connectivity index (χ1) is 7.70. The number of benzene rings is 1. The molecule has 0 atom stereocenters. The molecule has 1 aromatic rings. The van der Waals surface area contributed by atoms with Crippen molar-refractivity contribution in [2.24, 2.45) is 0 Å². The van der Waals surface area contributed by atoms with Crippen LogP contribution in [0.3, 0.4) is 0 Å². The van der Waals surface area contributed by atoms with Crippen LogP contribution >= 0.6 is 15.9 Å². The quantitative estimate of drug-likeness (QED) is 0.669. The third kappa shape index (κ3) is 3.23. The molecule has 4 heteroatoms. The van der Waals surface area contributed by atoms with E-state index < -0.39 is 5.97 Å². The molecule has 3 nitrogen and oxygen atoms in total. The van der Waals surface area contributed by atoms with Gasteiger partial charge in [-0.1, -0.05) is 28.1 Å². The van der Waals surface area contributed by atoms with Crippen LogP contribution in [0.15, 0.2) is 18.2 Å². The van der Waals surface area contributed by atoms with Crippen LogP contribution in [0.4, 0.5) is 0 Å². The minimum atomic E-state index is -0.454. The average Bonchev–Trinajstić information content (AvgIpc) is 2.26. The van der Waals surface area contributed by atoms with E-state index in [1.165, 1.54) is 6.07 Å². The Balaban J connectivity index is 2.98. The number of rotatable bonds is 5. The standard InChI is InChI=1S/C12H15BrO3/c1-2-16-12(15)11-9(6-4-8-13)5-3-7-10(11)14/h3,5,7,14H,2,4,6,8H2,1H3. The van der Waals surface area contributed by atoms with Crippen LogP contribution in [0.5, 0.6) is 5.75 Å². The zero-order valence-electron chi connectivity index (χ0n) is 9.20. The Morgan fingerprint density at radius 2 is 2.25 bits per heavy atom. The zero-order valence-corrected chi connectivity index (χ0v) is 10.8. The van der Waals surface area contributed by atoms with Gasteiger partial charge in [-0.2, -0.15) is 0 Å². The number of hydrogen-bond donors (Lipinski definition) is 1. The maximum absolute atomic E-state index is 11.7. The number of alkyl halides is 1. The molecule has 0 aliphatic rings. The molecule has 0 amide bonds. The van der Waals surface area contributed by atoms with Crippen LogP contribution in [0.2, 0.25) is 0 Å². The molecule has 0 radical (unpaired) electrons. The van der Waals surface area contributed by atoms with Crippen molar-refractivity contribution in [3.63, 3.8) is 0 Å². The van der Waals surface area contributed by atoms with Crippen LogP contribution in [0, 0.1) is 0 Å². The van der Waals surface area contributed by atoms with E-state index in [2.05, 4.69) is 15.9 Å². The fourth-order valence-electron chi connectivity index (χ4n) is 1.49. The summed E-state index contributed by atoms with van der Waals surface area (Å²) in [6.45, 7) is 2.06. The number of esters is 1. The molecule has 0 heterocycles. The molecule has 1 rings (SSSR count). The highest BCUT2D eigenvalue weighted by atomic mass is 79.9. The van der Waals surface area contributed by atoms with Gasteiger partial charge in [0.15, 0.2) is 0 Å². The van der Waals surface area contributed by atoms with Crippen molar-refractivity contribution < 1.29 is 14.6 Å². The number of aromatic hydroxyl groups is 1. The maximum atomic E-state index is 11.7. The number of aryl methyl sites for hydroxylation is 1. The van der Waals surface area contributed by atoms with E-state index in [1.54, 1.807) is 13.0 Å². The van der Waals surface area contributed by atoms with E-state index in [9.17, 15) is 9.90 Å². The summed E-state index contributed by atoms with van der Waals surface area (Å²) in [5.74, 6) is -0.462. The number of hydrogen-bond acceptors (Lipinski definition) is 3. The van der Waals surface area contributed by atoms with Gasteiger partial charge in [0.05, 0.1) is 6.61 Å². The SMILES string of the molecule is CCOC(=O)c1c(O)cccc1CCCBr. The predicted molar refractivity (Wildman–Crippen MR) is 66.2 cm³/mol. The monoisotopic (exact) mass is 286 g/mol. The summed E-state index contributed by atoms with van der Waals surface area (Å²) in [6, 6.07) is 5.08. The largest absolute Gasteiger partial charge is 0.507 e. The van der Waals surface area contributed by atoms with Crippen molar-refractivity contribution in [1.82, 2.24) is 0 Å². The molecular weight excluding hydrogens is 272 g/mol. The summed E-state index contributed by atoms with van der Waals surface area (Å²) < 4.78 is 4.92.